The first kappa shape index (κ1) is 17.9. The van der Waals surface area contributed by atoms with Crippen molar-refractivity contribution in [2.24, 2.45) is 0 Å². The summed E-state index contributed by atoms with van der Waals surface area (Å²) in [5.41, 5.74) is 2.48. The number of rotatable bonds is 6. The summed E-state index contributed by atoms with van der Waals surface area (Å²) in [5.74, 6) is -0.463. The third-order valence-electron chi connectivity index (χ3n) is 3.77. The van der Waals surface area contributed by atoms with E-state index in [1.54, 1.807) is 29.9 Å². The summed E-state index contributed by atoms with van der Waals surface area (Å²) in [6.07, 6.45) is 4.25. The summed E-state index contributed by atoms with van der Waals surface area (Å²) in [5, 5.41) is 8.66. The Kier molecular flexibility index (Phi) is 5.81. The van der Waals surface area contributed by atoms with Crippen LogP contribution < -0.4 is 0 Å². The molecule has 0 N–H and O–H groups in total. The number of aromatic nitrogens is 3. The van der Waals surface area contributed by atoms with Crippen molar-refractivity contribution in [1.29, 1.82) is 0 Å². The summed E-state index contributed by atoms with van der Waals surface area (Å²) in [6.45, 7) is 2.40. The normalized spacial score (nSPS) is 12.2. The van der Waals surface area contributed by atoms with Crippen LogP contribution in [-0.2, 0) is 16.1 Å². The van der Waals surface area contributed by atoms with Gasteiger partial charge in [-0.15, -0.1) is 5.10 Å². The molecule has 0 aliphatic carbocycles. The molecule has 0 radical (unpaired) electrons. The standard InChI is InChI=1S/C20H18ClN3O2/c1-15(18-9-5-6-10-19(18)21)26-20(25)12-11-17-14-24(23-22-17)13-16-7-3-2-4-8-16/h2-12,14-15H,13H2,1H3/b12-11+/t15-/m0/s1. The minimum Gasteiger partial charge on any atom is -0.455 e. The number of nitrogens with zero attached hydrogens (tertiary/aromatic N) is 3. The number of benzene rings is 2. The predicted molar refractivity (Wildman–Crippen MR) is 101 cm³/mol. The molecular formula is C20H18ClN3O2. The van der Waals surface area contributed by atoms with E-state index >= 15 is 0 Å². The minimum absolute atomic E-state index is 0.436. The highest BCUT2D eigenvalue weighted by Crippen LogP contribution is 2.25. The second-order valence-corrected chi connectivity index (χ2v) is 6.17. The molecular weight excluding hydrogens is 350 g/mol. The summed E-state index contributed by atoms with van der Waals surface area (Å²) < 4.78 is 7.09. The van der Waals surface area contributed by atoms with E-state index in [2.05, 4.69) is 10.3 Å². The van der Waals surface area contributed by atoms with Crippen LogP contribution in [0.5, 0.6) is 0 Å². The van der Waals surface area contributed by atoms with E-state index in [9.17, 15) is 4.79 Å². The first-order valence-corrected chi connectivity index (χ1v) is 8.57. The smallest absolute Gasteiger partial charge is 0.331 e. The molecule has 3 aromatic rings. The first-order chi connectivity index (χ1) is 12.6. The average molecular weight is 368 g/mol. The Morgan fingerprint density at radius 1 is 1.19 bits per heavy atom. The third-order valence-corrected chi connectivity index (χ3v) is 4.11. The van der Waals surface area contributed by atoms with E-state index in [-0.39, 0.29) is 0 Å². The van der Waals surface area contributed by atoms with Crippen LogP contribution in [-0.4, -0.2) is 21.0 Å². The average Bonchev–Trinajstić information content (AvgIpc) is 3.08. The quantitative estimate of drug-likeness (QED) is 0.481. The summed E-state index contributed by atoms with van der Waals surface area (Å²) in [6, 6.07) is 17.2. The van der Waals surface area contributed by atoms with Gasteiger partial charge in [-0.1, -0.05) is 65.3 Å². The maximum atomic E-state index is 12.0. The molecule has 1 aromatic heterocycles. The molecule has 26 heavy (non-hydrogen) atoms. The molecule has 1 heterocycles. The van der Waals surface area contributed by atoms with Crippen LogP contribution in [0.25, 0.3) is 6.08 Å². The van der Waals surface area contributed by atoms with Gasteiger partial charge in [0.15, 0.2) is 0 Å². The van der Waals surface area contributed by atoms with Crippen LogP contribution >= 0.6 is 11.6 Å². The SMILES string of the molecule is C[C@H](OC(=O)/C=C/c1cn(Cc2ccccc2)nn1)c1ccccc1Cl. The zero-order valence-corrected chi connectivity index (χ0v) is 15.0. The summed E-state index contributed by atoms with van der Waals surface area (Å²) in [7, 11) is 0. The Bertz CT molecular complexity index is 906. The van der Waals surface area contributed by atoms with E-state index in [1.807, 2.05) is 48.5 Å². The van der Waals surface area contributed by atoms with Crippen molar-refractivity contribution in [2.75, 3.05) is 0 Å². The number of carbonyl (C=O) groups is 1. The number of halogens is 1. The topological polar surface area (TPSA) is 57.0 Å². The molecule has 0 spiro atoms. The Hall–Kier alpha value is -2.92. The Morgan fingerprint density at radius 2 is 1.92 bits per heavy atom. The van der Waals surface area contributed by atoms with Gasteiger partial charge in [0.1, 0.15) is 11.8 Å². The van der Waals surface area contributed by atoms with Crippen molar-refractivity contribution in [3.05, 3.63) is 88.7 Å². The molecule has 5 nitrogen and oxygen atoms in total. The highest BCUT2D eigenvalue weighted by atomic mass is 35.5. The molecule has 0 aliphatic rings. The van der Waals surface area contributed by atoms with Gasteiger partial charge in [0, 0.05) is 16.7 Å². The largest absolute Gasteiger partial charge is 0.455 e. The zero-order valence-electron chi connectivity index (χ0n) is 14.2. The predicted octanol–water partition coefficient (Wildman–Crippen LogP) is 4.30. The van der Waals surface area contributed by atoms with Gasteiger partial charge >= 0.3 is 5.97 Å². The summed E-state index contributed by atoms with van der Waals surface area (Å²) in [4.78, 5) is 12.0. The molecule has 0 aliphatic heterocycles. The lowest BCUT2D eigenvalue weighted by atomic mass is 10.1. The number of hydrogen-bond acceptors (Lipinski definition) is 4. The molecule has 1 atom stereocenters. The van der Waals surface area contributed by atoms with Crippen LogP contribution in [0.4, 0.5) is 0 Å². The van der Waals surface area contributed by atoms with E-state index in [0.717, 1.165) is 11.1 Å². The van der Waals surface area contributed by atoms with Crippen molar-refractivity contribution in [2.45, 2.75) is 19.6 Å². The molecule has 0 amide bonds. The molecule has 132 valence electrons. The van der Waals surface area contributed by atoms with Crippen LogP contribution in [0.15, 0.2) is 66.9 Å². The van der Waals surface area contributed by atoms with Crippen molar-refractivity contribution in [3.8, 4) is 0 Å². The van der Waals surface area contributed by atoms with Gasteiger partial charge in [0.2, 0.25) is 0 Å². The number of hydrogen-bond donors (Lipinski definition) is 0. The molecule has 0 bridgehead atoms. The fraction of sp³-hybridized carbons (Fsp3) is 0.150. The number of esters is 1. The van der Waals surface area contributed by atoms with Crippen molar-refractivity contribution in [3.63, 3.8) is 0 Å². The van der Waals surface area contributed by atoms with Crippen molar-refractivity contribution >= 4 is 23.6 Å². The van der Waals surface area contributed by atoms with Gasteiger partial charge in [0.25, 0.3) is 0 Å². The molecule has 0 saturated carbocycles. The van der Waals surface area contributed by atoms with Crippen LogP contribution in [0, 0.1) is 0 Å². The molecule has 6 heteroatoms. The van der Waals surface area contributed by atoms with Gasteiger partial charge in [-0.3, -0.25) is 0 Å². The van der Waals surface area contributed by atoms with Gasteiger partial charge in [0.05, 0.1) is 12.7 Å². The third kappa shape index (κ3) is 4.80. The lowest BCUT2D eigenvalue weighted by Gasteiger charge is -2.13. The second kappa shape index (κ2) is 8.45. The van der Waals surface area contributed by atoms with Gasteiger partial charge in [-0.2, -0.15) is 0 Å². The Balaban J connectivity index is 1.58. The lowest BCUT2D eigenvalue weighted by Crippen LogP contribution is -2.06. The molecule has 0 saturated heterocycles. The van der Waals surface area contributed by atoms with Gasteiger partial charge < -0.3 is 4.74 Å². The second-order valence-electron chi connectivity index (χ2n) is 5.76. The Morgan fingerprint density at radius 3 is 2.69 bits per heavy atom. The number of carbonyl (C=O) groups excluding carboxylic acids is 1. The van der Waals surface area contributed by atoms with E-state index in [0.29, 0.717) is 17.3 Å². The van der Waals surface area contributed by atoms with Crippen molar-refractivity contribution < 1.29 is 9.53 Å². The highest BCUT2D eigenvalue weighted by Gasteiger charge is 2.12. The van der Waals surface area contributed by atoms with E-state index < -0.39 is 12.1 Å². The maximum absolute atomic E-state index is 12.0. The zero-order chi connectivity index (χ0) is 18.4. The van der Waals surface area contributed by atoms with Gasteiger partial charge in [-0.05, 0) is 24.6 Å². The lowest BCUT2D eigenvalue weighted by molar-refractivity contribution is -0.142. The molecule has 3 rings (SSSR count). The number of ether oxygens (including phenoxy) is 1. The van der Waals surface area contributed by atoms with Crippen LogP contribution in [0.2, 0.25) is 5.02 Å². The monoisotopic (exact) mass is 367 g/mol. The molecule has 0 fully saturated rings. The van der Waals surface area contributed by atoms with Crippen molar-refractivity contribution in [1.82, 2.24) is 15.0 Å². The van der Waals surface area contributed by atoms with Gasteiger partial charge in [-0.25, -0.2) is 9.48 Å². The molecule has 2 aromatic carbocycles. The highest BCUT2D eigenvalue weighted by molar-refractivity contribution is 6.31. The summed E-state index contributed by atoms with van der Waals surface area (Å²) >= 11 is 6.11. The van der Waals surface area contributed by atoms with Crippen LogP contribution in [0.3, 0.4) is 0 Å². The van der Waals surface area contributed by atoms with Crippen LogP contribution in [0.1, 0.15) is 29.8 Å². The maximum Gasteiger partial charge on any atom is 0.331 e. The minimum atomic E-state index is -0.463. The fourth-order valence-corrected chi connectivity index (χ4v) is 2.76. The van der Waals surface area contributed by atoms with E-state index in [4.69, 9.17) is 16.3 Å². The first-order valence-electron chi connectivity index (χ1n) is 8.19. The fourth-order valence-electron chi connectivity index (χ4n) is 2.47. The van der Waals surface area contributed by atoms with E-state index in [1.165, 1.54) is 6.08 Å². The Labute approximate surface area is 156 Å². The molecule has 0 unspecified atom stereocenters.